The third-order valence-corrected chi connectivity index (χ3v) is 7.93. The van der Waals surface area contributed by atoms with Gasteiger partial charge in [0.15, 0.2) is 0 Å². The first-order chi connectivity index (χ1) is 18.6. The van der Waals surface area contributed by atoms with Crippen molar-refractivity contribution in [2.75, 3.05) is 24.0 Å². The third-order valence-electron chi connectivity index (χ3n) is 6.14. The normalized spacial score (nSPS) is 11.9. The Morgan fingerprint density at radius 1 is 0.974 bits per heavy atom. The van der Waals surface area contributed by atoms with Crippen LogP contribution < -0.4 is 14.4 Å². The Balaban J connectivity index is 2.04. The zero-order valence-corrected chi connectivity index (χ0v) is 23.4. The summed E-state index contributed by atoms with van der Waals surface area (Å²) in [7, 11) is -4.19. The Hall–Kier alpha value is -3.92. The highest BCUT2D eigenvalue weighted by Crippen LogP contribution is 2.27. The summed E-state index contributed by atoms with van der Waals surface area (Å²) in [6.07, 6.45) is 0. The highest BCUT2D eigenvalue weighted by Gasteiger charge is 2.32. The van der Waals surface area contributed by atoms with Crippen molar-refractivity contribution >= 4 is 27.5 Å². The van der Waals surface area contributed by atoms with Crippen LogP contribution in [-0.4, -0.2) is 50.9 Å². The van der Waals surface area contributed by atoms with E-state index in [1.807, 2.05) is 13.8 Å². The molecule has 10 heteroatoms. The van der Waals surface area contributed by atoms with Crippen molar-refractivity contribution in [3.05, 3.63) is 89.7 Å². The summed E-state index contributed by atoms with van der Waals surface area (Å²) in [5.41, 5.74) is 1.32. The SMILES string of the molecule is CCNC(=O)C(C)N(Cc1ccccc1F)C(=O)CN(c1ccc(OCC)cc1)S(=O)(=O)c1ccc(C)cc1. The van der Waals surface area contributed by atoms with Crippen LogP contribution in [0.3, 0.4) is 0 Å². The molecule has 0 aliphatic heterocycles. The number of hydrogen-bond acceptors (Lipinski definition) is 5. The van der Waals surface area contributed by atoms with E-state index in [0.29, 0.717) is 18.9 Å². The van der Waals surface area contributed by atoms with Crippen LogP contribution >= 0.6 is 0 Å². The molecule has 1 atom stereocenters. The molecule has 0 radical (unpaired) electrons. The lowest BCUT2D eigenvalue weighted by molar-refractivity contribution is -0.139. The van der Waals surface area contributed by atoms with Gasteiger partial charge in [-0.05, 0) is 70.2 Å². The predicted octanol–water partition coefficient (Wildman–Crippen LogP) is 4.28. The molecule has 0 spiro atoms. The van der Waals surface area contributed by atoms with E-state index in [-0.39, 0.29) is 22.7 Å². The molecular weight excluding hydrogens is 521 g/mol. The number of rotatable bonds is 12. The van der Waals surface area contributed by atoms with E-state index in [1.54, 1.807) is 49.4 Å². The van der Waals surface area contributed by atoms with Crippen LogP contribution in [-0.2, 0) is 26.2 Å². The lowest BCUT2D eigenvalue weighted by Gasteiger charge is -2.32. The van der Waals surface area contributed by atoms with E-state index in [1.165, 1.54) is 42.2 Å². The Bertz CT molecular complexity index is 1380. The maximum atomic E-state index is 14.5. The maximum Gasteiger partial charge on any atom is 0.264 e. The smallest absolute Gasteiger partial charge is 0.264 e. The molecule has 0 bridgehead atoms. The van der Waals surface area contributed by atoms with E-state index in [0.717, 1.165) is 9.87 Å². The summed E-state index contributed by atoms with van der Waals surface area (Å²) in [5.74, 6) is -1.09. The number of ether oxygens (including phenoxy) is 1. The van der Waals surface area contributed by atoms with Gasteiger partial charge >= 0.3 is 0 Å². The van der Waals surface area contributed by atoms with Gasteiger partial charge in [0, 0.05) is 18.7 Å². The van der Waals surface area contributed by atoms with Crippen molar-refractivity contribution in [2.45, 2.75) is 45.2 Å². The first kappa shape index (κ1) is 29.6. The molecule has 0 heterocycles. The molecule has 3 aromatic rings. The molecule has 39 heavy (non-hydrogen) atoms. The van der Waals surface area contributed by atoms with Crippen LogP contribution in [0, 0.1) is 12.7 Å². The number of nitrogens with one attached hydrogen (secondary N) is 1. The maximum absolute atomic E-state index is 14.5. The van der Waals surface area contributed by atoms with Gasteiger partial charge in [-0.3, -0.25) is 13.9 Å². The lowest BCUT2D eigenvalue weighted by Crippen LogP contribution is -2.51. The molecule has 2 amide bonds. The molecule has 3 aromatic carbocycles. The van der Waals surface area contributed by atoms with Gasteiger partial charge in [0.1, 0.15) is 24.2 Å². The minimum Gasteiger partial charge on any atom is -0.494 e. The molecule has 0 saturated carbocycles. The molecule has 1 unspecified atom stereocenters. The van der Waals surface area contributed by atoms with Gasteiger partial charge in [0.2, 0.25) is 11.8 Å². The quantitative estimate of drug-likeness (QED) is 0.360. The number of amides is 2. The fourth-order valence-electron chi connectivity index (χ4n) is 3.96. The number of carbonyl (C=O) groups is 2. The Labute approximate surface area is 229 Å². The van der Waals surface area contributed by atoms with E-state index < -0.39 is 40.2 Å². The number of halogens is 1. The monoisotopic (exact) mass is 555 g/mol. The Morgan fingerprint density at radius 3 is 2.21 bits per heavy atom. The second-order valence-electron chi connectivity index (χ2n) is 8.94. The zero-order valence-electron chi connectivity index (χ0n) is 22.6. The molecule has 0 aliphatic rings. The average Bonchev–Trinajstić information content (AvgIpc) is 2.92. The van der Waals surface area contributed by atoms with Crippen LogP contribution in [0.2, 0.25) is 0 Å². The molecule has 8 nitrogen and oxygen atoms in total. The summed E-state index contributed by atoms with van der Waals surface area (Å²) < 4.78 is 48.6. The standard InChI is InChI=1S/C29H34FN3O5S/c1-5-31-29(35)22(4)32(19-23-9-7-8-10-27(23)30)28(34)20-33(24-13-15-25(16-14-24)38-6-2)39(36,37)26-17-11-21(3)12-18-26/h7-18,22H,5-6,19-20H2,1-4H3,(H,31,35). The first-order valence-electron chi connectivity index (χ1n) is 12.7. The van der Waals surface area contributed by atoms with Crippen molar-refractivity contribution in [2.24, 2.45) is 0 Å². The summed E-state index contributed by atoms with van der Waals surface area (Å²) in [6, 6.07) is 17.6. The van der Waals surface area contributed by atoms with Crippen molar-refractivity contribution in [3.8, 4) is 5.75 Å². The molecule has 0 aromatic heterocycles. The number of nitrogens with zero attached hydrogens (tertiary/aromatic N) is 2. The molecular formula is C29H34FN3O5S. The topological polar surface area (TPSA) is 96.0 Å². The number of likely N-dealkylation sites (N-methyl/N-ethyl adjacent to an activating group) is 1. The molecule has 208 valence electrons. The van der Waals surface area contributed by atoms with Crippen molar-refractivity contribution in [1.82, 2.24) is 10.2 Å². The Morgan fingerprint density at radius 2 is 1.62 bits per heavy atom. The van der Waals surface area contributed by atoms with Gasteiger partial charge in [-0.25, -0.2) is 12.8 Å². The van der Waals surface area contributed by atoms with Gasteiger partial charge in [-0.15, -0.1) is 0 Å². The Kier molecular flexibility index (Phi) is 10.1. The molecule has 0 fully saturated rings. The fraction of sp³-hybridized carbons (Fsp3) is 0.310. The van der Waals surface area contributed by atoms with Crippen molar-refractivity contribution < 1.29 is 27.1 Å². The summed E-state index contributed by atoms with van der Waals surface area (Å²) in [6.45, 7) is 6.90. The largest absolute Gasteiger partial charge is 0.494 e. The van der Waals surface area contributed by atoms with Gasteiger partial charge in [0.25, 0.3) is 10.0 Å². The van der Waals surface area contributed by atoms with Gasteiger partial charge in [0.05, 0.1) is 17.2 Å². The number of hydrogen-bond donors (Lipinski definition) is 1. The second kappa shape index (κ2) is 13.2. The van der Waals surface area contributed by atoms with Crippen LogP contribution in [0.25, 0.3) is 0 Å². The molecule has 0 saturated heterocycles. The number of aryl methyl sites for hydroxylation is 1. The van der Waals surface area contributed by atoms with Crippen LogP contribution in [0.4, 0.5) is 10.1 Å². The van der Waals surface area contributed by atoms with Crippen molar-refractivity contribution in [3.63, 3.8) is 0 Å². The number of sulfonamides is 1. The average molecular weight is 556 g/mol. The molecule has 1 N–H and O–H groups in total. The van der Waals surface area contributed by atoms with Crippen LogP contribution in [0.5, 0.6) is 5.75 Å². The first-order valence-corrected chi connectivity index (χ1v) is 14.1. The fourth-order valence-corrected chi connectivity index (χ4v) is 5.37. The number of anilines is 1. The minimum atomic E-state index is -4.19. The predicted molar refractivity (Wildman–Crippen MR) is 148 cm³/mol. The third kappa shape index (κ3) is 7.35. The van der Waals surface area contributed by atoms with Crippen molar-refractivity contribution in [1.29, 1.82) is 0 Å². The van der Waals surface area contributed by atoms with Crippen LogP contribution in [0.1, 0.15) is 31.9 Å². The van der Waals surface area contributed by atoms with E-state index in [2.05, 4.69) is 5.32 Å². The molecule has 0 aliphatic carbocycles. The van der Waals surface area contributed by atoms with Gasteiger partial charge in [-0.1, -0.05) is 35.9 Å². The van der Waals surface area contributed by atoms with E-state index in [4.69, 9.17) is 4.74 Å². The van der Waals surface area contributed by atoms with E-state index >= 15 is 0 Å². The lowest BCUT2D eigenvalue weighted by atomic mass is 10.1. The highest BCUT2D eigenvalue weighted by atomic mass is 32.2. The second-order valence-corrected chi connectivity index (χ2v) is 10.8. The van der Waals surface area contributed by atoms with Gasteiger partial charge in [-0.2, -0.15) is 0 Å². The zero-order chi connectivity index (χ0) is 28.6. The summed E-state index contributed by atoms with van der Waals surface area (Å²) in [5, 5.41) is 2.67. The van der Waals surface area contributed by atoms with E-state index in [9.17, 15) is 22.4 Å². The summed E-state index contributed by atoms with van der Waals surface area (Å²) in [4.78, 5) is 27.7. The van der Waals surface area contributed by atoms with Crippen LogP contribution in [0.15, 0.2) is 77.7 Å². The highest BCUT2D eigenvalue weighted by molar-refractivity contribution is 7.92. The summed E-state index contributed by atoms with van der Waals surface area (Å²) >= 11 is 0. The number of benzene rings is 3. The minimum absolute atomic E-state index is 0.00668. The molecule has 3 rings (SSSR count). The number of carbonyl (C=O) groups excluding carboxylic acids is 2. The van der Waals surface area contributed by atoms with Gasteiger partial charge < -0.3 is 15.0 Å².